The van der Waals surface area contributed by atoms with Crippen LogP contribution in [0.15, 0.2) is 30.3 Å². The van der Waals surface area contributed by atoms with Crippen LogP contribution in [0, 0.1) is 13.8 Å². The summed E-state index contributed by atoms with van der Waals surface area (Å²) in [5.41, 5.74) is 2.59. The van der Waals surface area contributed by atoms with Gasteiger partial charge in [-0.3, -0.25) is 9.59 Å². The highest BCUT2D eigenvalue weighted by Gasteiger charge is 2.30. The van der Waals surface area contributed by atoms with E-state index in [0.29, 0.717) is 23.5 Å². The van der Waals surface area contributed by atoms with E-state index in [0.717, 1.165) is 24.9 Å². The van der Waals surface area contributed by atoms with E-state index >= 15 is 0 Å². The summed E-state index contributed by atoms with van der Waals surface area (Å²) < 4.78 is 1.73. The van der Waals surface area contributed by atoms with Crippen molar-refractivity contribution in [2.75, 3.05) is 6.54 Å². The Morgan fingerprint density at radius 1 is 1.15 bits per heavy atom. The molecule has 0 radical (unpaired) electrons. The van der Waals surface area contributed by atoms with Crippen LogP contribution >= 0.6 is 0 Å². The van der Waals surface area contributed by atoms with E-state index in [4.69, 9.17) is 0 Å². The van der Waals surface area contributed by atoms with E-state index in [2.05, 4.69) is 12.0 Å². The minimum Gasteiger partial charge on any atom is -0.333 e. The van der Waals surface area contributed by atoms with E-state index < -0.39 is 11.7 Å². The van der Waals surface area contributed by atoms with Crippen molar-refractivity contribution >= 4 is 11.7 Å². The Labute approximate surface area is 156 Å². The van der Waals surface area contributed by atoms with Gasteiger partial charge in [0.1, 0.15) is 0 Å². The van der Waals surface area contributed by atoms with Gasteiger partial charge in [-0.2, -0.15) is 5.10 Å². The number of aromatic nitrogens is 2. The first-order valence-corrected chi connectivity index (χ1v) is 9.39. The molecule has 5 nitrogen and oxygen atoms in total. The van der Waals surface area contributed by atoms with Gasteiger partial charge in [0.05, 0.1) is 22.6 Å². The zero-order valence-corrected chi connectivity index (χ0v) is 16.5. The van der Waals surface area contributed by atoms with E-state index in [1.165, 1.54) is 0 Å². The van der Waals surface area contributed by atoms with Crippen LogP contribution in [-0.4, -0.2) is 39.0 Å². The Kier molecular flexibility index (Phi) is 6.72. The normalized spacial score (nSPS) is 12.0. The number of ketones is 1. The Morgan fingerprint density at radius 2 is 1.81 bits per heavy atom. The molecule has 26 heavy (non-hydrogen) atoms. The van der Waals surface area contributed by atoms with Gasteiger partial charge in [0.15, 0.2) is 0 Å². The molecule has 0 bridgehead atoms. The summed E-state index contributed by atoms with van der Waals surface area (Å²) >= 11 is 0. The lowest BCUT2D eigenvalue weighted by molar-refractivity contribution is -0.128. The number of hydrogen-bond donors (Lipinski definition) is 0. The van der Waals surface area contributed by atoms with Gasteiger partial charge in [-0.15, -0.1) is 0 Å². The average Bonchev–Trinajstić information content (AvgIpc) is 2.95. The van der Waals surface area contributed by atoms with Crippen molar-refractivity contribution in [3.63, 3.8) is 0 Å². The van der Waals surface area contributed by atoms with E-state index in [1.54, 1.807) is 16.5 Å². The molecule has 5 heteroatoms. The molecule has 0 spiro atoms. The van der Waals surface area contributed by atoms with E-state index in [-0.39, 0.29) is 6.04 Å². The van der Waals surface area contributed by atoms with Crippen LogP contribution in [0.25, 0.3) is 5.69 Å². The molecule has 1 heterocycles. The zero-order chi connectivity index (χ0) is 19.3. The number of para-hydroxylation sites is 1. The lowest BCUT2D eigenvalue weighted by Gasteiger charge is -2.28. The fraction of sp³-hybridized carbons (Fsp3) is 0.476. The third-order valence-corrected chi connectivity index (χ3v) is 4.85. The lowest BCUT2D eigenvalue weighted by Crippen LogP contribution is -2.43. The molecule has 0 aliphatic rings. The molecule has 1 aromatic carbocycles. The average molecular weight is 355 g/mol. The topological polar surface area (TPSA) is 55.2 Å². The number of Topliss-reactive ketones (excluding diaryl/α,β-unsaturated/α-hetero) is 1. The molecule has 2 aromatic rings. The van der Waals surface area contributed by atoms with Crippen molar-refractivity contribution in [2.24, 2.45) is 0 Å². The summed E-state index contributed by atoms with van der Waals surface area (Å²) in [5.74, 6) is -0.884. The van der Waals surface area contributed by atoms with Gasteiger partial charge in [0.2, 0.25) is 0 Å². The van der Waals surface area contributed by atoms with Crippen LogP contribution in [0.2, 0.25) is 0 Å². The van der Waals surface area contributed by atoms with Crippen molar-refractivity contribution in [3.05, 3.63) is 47.3 Å². The van der Waals surface area contributed by atoms with Crippen molar-refractivity contribution in [3.8, 4) is 5.69 Å². The summed E-state index contributed by atoms with van der Waals surface area (Å²) in [7, 11) is 0. The summed E-state index contributed by atoms with van der Waals surface area (Å²) in [6.07, 6.45) is 2.70. The van der Waals surface area contributed by atoms with Crippen molar-refractivity contribution in [1.82, 2.24) is 14.7 Å². The summed E-state index contributed by atoms with van der Waals surface area (Å²) in [4.78, 5) is 27.7. The molecular weight excluding hydrogens is 326 g/mol. The van der Waals surface area contributed by atoms with Gasteiger partial charge in [-0.05, 0) is 45.7 Å². The van der Waals surface area contributed by atoms with Crippen LogP contribution in [-0.2, 0) is 4.79 Å². The lowest BCUT2D eigenvalue weighted by atomic mass is 10.1. The van der Waals surface area contributed by atoms with Crippen LogP contribution in [0.5, 0.6) is 0 Å². The predicted molar refractivity (Wildman–Crippen MR) is 104 cm³/mol. The van der Waals surface area contributed by atoms with Crippen LogP contribution in [0.1, 0.15) is 61.8 Å². The molecule has 0 aliphatic carbocycles. The highest BCUT2D eigenvalue weighted by molar-refractivity contribution is 6.43. The number of benzene rings is 1. The molecule has 1 unspecified atom stereocenters. The number of rotatable bonds is 8. The van der Waals surface area contributed by atoms with Gasteiger partial charge >= 0.3 is 0 Å². The molecule has 0 N–H and O–H groups in total. The second kappa shape index (κ2) is 8.79. The maximum absolute atomic E-state index is 13.0. The SMILES string of the molecule is CCCCN(C(=O)C(=O)c1c(C)nn(-c2ccccc2)c1C)C(C)CC. The fourth-order valence-corrected chi connectivity index (χ4v) is 3.10. The quantitative estimate of drug-likeness (QED) is 0.529. The highest BCUT2D eigenvalue weighted by atomic mass is 16.2. The number of aryl methyl sites for hydroxylation is 1. The molecule has 1 aromatic heterocycles. The highest BCUT2D eigenvalue weighted by Crippen LogP contribution is 2.20. The number of carbonyl (C=O) groups is 2. The van der Waals surface area contributed by atoms with Gasteiger partial charge in [-0.25, -0.2) is 4.68 Å². The number of amides is 1. The minimum atomic E-state index is -0.460. The third-order valence-electron chi connectivity index (χ3n) is 4.85. The maximum Gasteiger partial charge on any atom is 0.295 e. The molecule has 0 fully saturated rings. The van der Waals surface area contributed by atoms with Crippen molar-refractivity contribution in [2.45, 2.75) is 59.9 Å². The summed E-state index contributed by atoms with van der Waals surface area (Å²) in [6, 6.07) is 9.69. The second-order valence-corrected chi connectivity index (χ2v) is 6.73. The molecule has 0 saturated heterocycles. The zero-order valence-electron chi connectivity index (χ0n) is 16.5. The van der Waals surface area contributed by atoms with Gasteiger partial charge in [0, 0.05) is 12.6 Å². The van der Waals surface area contributed by atoms with Gasteiger partial charge < -0.3 is 4.90 Å². The first kappa shape index (κ1) is 19.9. The van der Waals surface area contributed by atoms with Crippen molar-refractivity contribution in [1.29, 1.82) is 0 Å². The molecule has 2 rings (SSSR count). The summed E-state index contributed by atoms with van der Waals surface area (Å²) in [6.45, 7) is 10.3. The fourth-order valence-electron chi connectivity index (χ4n) is 3.10. The molecule has 1 atom stereocenters. The van der Waals surface area contributed by atoms with E-state index in [1.807, 2.05) is 51.1 Å². The predicted octanol–water partition coefficient (Wildman–Crippen LogP) is 4.10. The standard InChI is InChI=1S/C21H29N3O2/c1-6-8-14-23(15(3)7-2)21(26)20(25)19-16(4)22-24(17(19)5)18-12-10-9-11-13-18/h9-13,15H,6-8,14H2,1-5H3. The molecular formula is C21H29N3O2. The second-order valence-electron chi connectivity index (χ2n) is 6.73. The minimum absolute atomic E-state index is 0.0442. The molecule has 0 aliphatic heterocycles. The molecule has 0 saturated carbocycles. The monoisotopic (exact) mass is 355 g/mol. The van der Waals surface area contributed by atoms with E-state index in [9.17, 15) is 9.59 Å². The third kappa shape index (κ3) is 4.03. The maximum atomic E-state index is 13.0. The van der Waals surface area contributed by atoms with Crippen LogP contribution in [0.4, 0.5) is 0 Å². The number of nitrogens with zero attached hydrogens (tertiary/aromatic N) is 3. The Morgan fingerprint density at radius 3 is 2.38 bits per heavy atom. The number of hydrogen-bond acceptors (Lipinski definition) is 3. The van der Waals surface area contributed by atoms with Crippen molar-refractivity contribution < 1.29 is 9.59 Å². The Bertz CT molecular complexity index is 765. The first-order chi connectivity index (χ1) is 12.4. The Hall–Kier alpha value is -2.43. The smallest absolute Gasteiger partial charge is 0.295 e. The van der Waals surface area contributed by atoms with Crippen LogP contribution < -0.4 is 0 Å². The molecule has 1 amide bonds. The number of carbonyl (C=O) groups excluding carboxylic acids is 2. The van der Waals surface area contributed by atoms with Gasteiger partial charge in [-0.1, -0.05) is 38.5 Å². The first-order valence-electron chi connectivity index (χ1n) is 9.39. The summed E-state index contributed by atoms with van der Waals surface area (Å²) in [5, 5.41) is 4.50. The number of unbranched alkanes of at least 4 members (excludes halogenated alkanes) is 1. The Balaban J connectivity index is 2.36. The molecule has 140 valence electrons. The largest absolute Gasteiger partial charge is 0.333 e. The van der Waals surface area contributed by atoms with Gasteiger partial charge in [0.25, 0.3) is 11.7 Å². The van der Waals surface area contributed by atoms with Crippen LogP contribution in [0.3, 0.4) is 0 Å².